The van der Waals surface area contributed by atoms with Gasteiger partial charge in [-0.1, -0.05) is 36.4 Å². The van der Waals surface area contributed by atoms with Crippen LogP contribution in [0, 0.1) is 6.92 Å². The SMILES string of the molecule is CN=C(NCCCNC(=O)c1occc1C)N1CC=C(c2ccccc2)CC1.I. The Balaban J connectivity index is 0.00000300. The molecule has 29 heavy (non-hydrogen) atoms. The molecule has 1 aromatic heterocycles. The van der Waals surface area contributed by atoms with E-state index in [-0.39, 0.29) is 29.9 Å². The van der Waals surface area contributed by atoms with Crippen LogP contribution in [0.25, 0.3) is 5.57 Å². The Morgan fingerprint density at radius 3 is 2.55 bits per heavy atom. The standard InChI is InChI=1S/C22H28N4O2.HI/c1-17-11-16-28-20(17)21(27)24-12-6-13-25-22(23-2)26-14-9-19(10-15-26)18-7-4-3-5-8-18;/h3-5,7-9,11,16H,6,10,12-15H2,1-2H3,(H,23,25)(H,24,27);1H. The van der Waals surface area contributed by atoms with Crippen molar-refractivity contribution >= 4 is 41.4 Å². The van der Waals surface area contributed by atoms with Gasteiger partial charge in [-0.05, 0) is 37.0 Å². The quantitative estimate of drug-likeness (QED) is 0.270. The highest BCUT2D eigenvalue weighted by Gasteiger charge is 2.16. The molecule has 2 aromatic rings. The molecule has 0 radical (unpaired) electrons. The number of nitrogens with zero attached hydrogens (tertiary/aromatic N) is 2. The number of hydrogen-bond acceptors (Lipinski definition) is 3. The first kappa shape index (κ1) is 23.0. The van der Waals surface area contributed by atoms with Gasteiger partial charge in [0.1, 0.15) is 0 Å². The predicted molar refractivity (Wildman–Crippen MR) is 128 cm³/mol. The molecule has 1 aromatic carbocycles. The first-order valence-corrected chi connectivity index (χ1v) is 9.71. The molecule has 0 spiro atoms. The Morgan fingerprint density at radius 2 is 1.93 bits per heavy atom. The second kappa shape index (κ2) is 11.6. The van der Waals surface area contributed by atoms with Crippen LogP contribution in [0.15, 0.2) is 58.1 Å². The van der Waals surface area contributed by atoms with Gasteiger partial charge in [0.15, 0.2) is 11.7 Å². The number of carbonyl (C=O) groups excluding carboxylic acids is 1. The van der Waals surface area contributed by atoms with Gasteiger partial charge in [-0.3, -0.25) is 9.79 Å². The highest BCUT2D eigenvalue weighted by atomic mass is 127. The second-order valence-corrected chi connectivity index (χ2v) is 6.81. The number of aliphatic imine (C=N–C) groups is 1. The Bertz CT molecular complexity index is 846. The van der Waals surface area contributed by atoms with Crippen molar-refractivity contribution in [3.63, 3.8) is 0 Å². The smallest absolute Gasteiger partial charge is 0.287 e. The Labute approximate surface area is 189 Å². The van der Waals surface area contributed by atoms with E-state index in [9.17, 15) is 4.79 Å². The Morgan fingerprint density at radius 1 is 1.17 bits per heavy atom. The lowest BCUT2D eigenvalue weighted by Gasteiger charge is -2.29. The molecule has 2 heterocycles. The fourth-order valence-electron chi connectivity index (χ4n) is 3.28. The van der Waals surface area contributed by atoms with E-state index in [0.29, 0.717) is 12.3 Å². The summed E-state index contributed by atoms with van der Waals surface area (Å²) in [5, 5.41) is 6.27. The molecule has 0 aliphatic carbocycles. The molecule has 0 fully saturated rings. The van der Waals surface area contributed by atoms with Crippen molar-refractivity contribution < 1.29 is 9.21 Å². The minimum atomic E-state index is -0.165. The average Bonchev–Trinajstić information content (AvgIpc) is 3.17. The lowest BCUT2D eigenvalue weighted by atomic mass is 10.00. The molecule has 0 saturated heterocycles. The summed E-state index contributed by atoms with van der Waals surface area (Å²) >= 11 is 0. The fourth-order valence-corrected chi connectivity index (χ4v) is 3.28. The Hall–Kier alpha value is -2.29. The van der Waals surface area contributed by atoms with Crippen molar-refractivity contribution in [1.82, 2.24) is 15.5 Å². The third-order valence-electron chi connectivity index (χ3n) is 4.86. The molecule has 3 rings (SSSR count). The third-order valence-corrected chi connectivity index (χ3v) is 4.86. The van der Waals surface area contributed by atoms with E-state index in [1.54, 1.807) is 13.1 Å². The minimum Gasteiger partial charge on any atom is -0.459 e. The van der Waals surface area contributed by atoms with Gasteiger partial charge in [-0.15, -0.1) is 24.0 Å². The number of aryl methyl sites for hydroxylation is 1. The van der Waals surface area contributed by atoms with Gasteiger partial charge in [0.2, 0.25) is 0 Å². The molecular weight excluding hydrogens is 479 g/mol. The molecule has 1 aliphatic rings. The maximum atomic E-state index is 12.0. The first-order valence-electron chi connectivity index (χ1n) is 9.71. The highest BCUT2D eigenvalue weighted by molar-refractivity contribution is 14.0. The summed E-state index contributed by atoms with van der Waals surface area (Å²) in [4.78, 5) is 18.7. The summed E-state index contributed by atoms with van der Waals surface area (Å²) in [6, 6.07) is 12.3. The average molecular weight is 508 g/mol. The van der Waals surface area contributed by atoms with Crippen molar-refractivity contribution in [3.8, 4) is 0 Å². The van der Waals surface area contributed by atoms with E-state index in [0.717, 1.165) is 44.0 Å². The number of halogens is 1. The number of furan rings is 1. The summed E-state index contributed by atoms with van der Waals surface area (Å²) in [6.07, 6.45) is 5.62. The molecule has 2 N–H and O–H groups in total. The number of nitrogens with one attached hydrogen (secondary N) is 2. The molecule has 156 valence electrons. The predicted octanol–water partition coefficient (Wildman–Crippen LogP) is 3.69. The number of amides is 1. The van der Waals surface area contributed by atoms with Crippen LogP contribution in [-0.2, 0) is 0 Å². The van der Waals surface area contributed by atoms with Crippen LogP contribution in [0.1, 0.15) is 34.5 Å². The molecule has 7 heteroatoms. The highest BCUT2D eigenvalue weighted by Crippen LogP contribution is 2.21. The largest absolute Gasteiger partial charge is 0.459 e. The summed E-state index contributed by atoms with van der Waals surface area (Å²) in [7, 11) is 1.81. The molecule has 0 unspecified atom stereocenters. The third kappa shape index (κ3) is 6.35. The van der Waals surface area contributed by atoms with E-state index >= 15 is 0 Å². The van der Waals surface area contributed by atoms with Crippen molar-refractivity contribution in [2.24, 2.45) is 4.99 Å². The summed E-state index contributed by atoms with van der Waals surface area (Å²) < 4.78 is 5.20. The number of hydrogen-bond donors (Lipinski definition) is 2. The van der Waals surface area contributed by atoms with Crippen LogP contribution in [-0.4, -0.2) is 50.0 Å². The molecule has 0 saturated carbocycles. The van der Waals surface area contributed by atoms with Gasteiger partial charge in [-0.25, -0.2) is 0 Å². The van der Waals surface area contributed by atoms with Crippen molar-refractivity contribution in [2.45, 2.75) is 19.8 Å². The summed E-state index contributed by atoms with van der Waals surface area (Å²) in [5.41, 5.74) is 3.54. The van der Waals surface area contributed by atoms with Gasteiger partial charge in [0.05, 0.1) is 6.26 Å². The number of rotatable bonds is 6. The molecule has 6 nitrogen and oxygen atoms in total. The fraction of sp³-hybridized carbons (Fsp3) is 0.364. The van der Waals surface area contributed by atoms with Gasteiger partial charge >= 0.3 is 0 Å². The van der Waals surface area contributed by atoms with Crippen LogP contribution < -0.4 is 10.6 Å². The van der Waals surface area contributed by atoms with E-state index in [1.807, 2.05) is 13.0 Å². The van der Waals surface area contributed by atoms with E-state index in [1.165, 1.54) is 17.4 Å². The van der Waals surface area contributed by atoms with Gasteiger partial charge in [0.25, 0.3) is 5.91 Å². The molecule has 1 aliphatic heterocycles. The van der Waals surface area contributed by atoms with Gasteiger partial charge < -0.3 is 20.0 Å². The van der Waals surface area contributed by atoms with Crippen molar-refractivity contribution in [3.05, 3.63) is 65.6 Å². The summed E-state index contributed by atoms with van der Waals surface area (Å²) in [6.45, 7) is 4.98. The zero-order valence-corrected chi connectivity index (χ0v) is 19.3. The lowest BCUT2D eigenvalue weighted by molar-refractivity contribution is 0.0925. The maximum Gasteiger partial charge on any atom is 0.287 e. The van der Waals surface area contributed by atoms with Gasteiger partial charge in [-0.2, -0.15) is 0 Å². The molecule has 0 atom stereocenters. The number of benzene rings is 1. The Kier molecular flexibility index (Phi) is 9.24. The molecular formula is C22H29IN4O2. The summed E-state index contributed by atoms with van der Waals surface area (Å²) in [5.74, 6) is 1.12. The second-order valence-electron chi connectivity index (χ2n) is 6.81. The van der Waals surface area contributed by atoms with Crippen molar-refractivity contribution in [1.29, 1.82) is 0 Å². The minimum absolute atomic E-state index is 0. The van der Waals surface area contributed by atoms with Crippen LogP contribution in [0.5, 0.6) is 0 Å². The van der Waals surface area contributed by atoms with Gasteiger partial charge in [0, 0.05) is 38.8 Å². The van der Waals surface area contributed by atoms with Crippen LogP contribution >= 0.6 is 24.0 Å². The van der Waals surface area contributed by atoms with Crippen LogP contribution in [0.4, 0.5) is 0 Å². The molecule has 1 amide bonds. The van der Waals surface area contributed by atoms with Crippen LogP contribution in [0.3, 0.4) is 0 Å². The first-order chi connectivity index (χ1) is 13.7. The number of guanidine groups is 1. The topological polar surface area (TPSA) is 69.9 Å². The van der Waals surface area contributed by atoms with E-state index in [2.05, 4.69) is 50.9 Å². The maximum absolute atomic E-state index is 12.0. The normalized spacial score (nSPS) is 14.1. The number of carbonyl (C=O) groups is 1. The van der Waals surface area contributed by atoms with Crippen molar-refractivity contribution in [2.75, 3.05) is 33.2 Å². The van der Waals surface area contributed by atoms with E-state index in [4.69, 9.17) is 4.42 Å². The monoisotopic (exact) mass is 508 g/mol. The molecule has 0 bridgehead atoms. The lowest BCUT2D eigenvalue weighted by Crippen LogP contribution is -2.44. The zero-order chi connectivity index (χ0) is 19.8. The van der Waals surface area contributed by atoms with E-state index < -0.39 is 0 Å². The zero-order valence-electron chi connectivity index (χ0n) is 17.0. The van der Waals surface area contributed by atoms with Crippen LogP contribution in [0.2, 0.25) is 0 Å².